The van der Waals surface area contributed by atoms with Gasteiger partial charge in [-0.05, 0) is 24.3 Å². The average molecular weight is 404 g/mol. The van der Waals surface area contributed by atoms with Crippen molar-refractivity contribution in [1.29, 1.82) is 0 Å². The van der Waals surface area contributed by atoms with Crippen molar-refractivity contribution in [2.24, 2.45) is 0 Å². The lowest BCUT2D eigenvalue weighted by atomic mass is 10.3. The van der Waals surface area contributed by atoms with E-state index in [9.17, 15) is 8.42 Å². The maximum absolute atomic E-state index is 11.4. The molecule has 3 aromatic rings. The third-order valence-electron chi connectivity index (χ3n) is 3.81. The molecule has 1 aromatic carbocycles. The van der Waals surface area contributed by atoms with Crippen LogP contribution in [0.15, 0.2) is 36.5 Å². The first kappa shape index (κ1) is 19.9. The Bertz CT molecular complexity index is 1050. The zero-order valence-corrected chi connectivity index (χ0v) is 16.9. The van der Waals surface area contributed by atoms with Crippen molar-refractivity contribution in [1.82, 2.24) is 20.3 Å². The summed E-state index contributed by atoms with van der Waals surface area (Å²) < 4.78 is 25.3. The fourth-order valence-corrected chi connectivity index (χ4v) is 3.23. The molecule has 9 nitrogen and oxygen atoms in total. The van der Waals surface area contributed by atoms with Crippen LogP contribution in [0.5, 0.6) is 0 Å². The van der Waals surface area contributed by atoms with E-state index in [1.165, 1.54) is 0 Å². The summed E-state index contributed by atoms with van der Waals surface area (Å²) in [4.78, 5) is 12.1. The summed E-state index contributed by atoms with van der Waals surface area (Å²) in [5.41, 5.74) is 1.85. The smallest absolute Gasteiger partial charge is 0.231 e. The second-order valence-electron chi connectivity index (χ2n) is 6.75. The van der Waals surface area contributed by atoms with E-state index in [0.717, 1.165) is 30.5 Å². The summed E-state index contributed by atoms with van der Waals surface area (Å²) in [7, 11) is -3.34. The molecule has 28 heavy (non-hydrogen) atoms. The SMILES string of the molecule is CC(C)NCCNc1nc(Nc2cccc(NS(C)(=O)=O)c2)nc2[nH]ccc12. The largest absolute Gasteiger partial charge is 0.368 e. The topological polar surface area (TPSA) is 124 Å². The molecule has 0 atom stereocenters. The lowest BCUT2D eigenvalue weighted by Gasteiger charge is -2.12. The van der Waals surface area contributed by atoms with Gasteiger partial charge in [-0.25, -0.2) is 8.42 Å². The summed E-state index contributed by atoms with van der Waals surface area (Å²) in [5.74, 6) is 1.13. The van der Waals surface area contributed by atoms with Gasteiger partial charge in [0.25, 0.3) is 0 Å². The van der Waals surface area contributed by atoms with E-state index >= 15 is 0 Å². The van der Waals surface area contributed by atoms with Crippen molar-refractivity contribution in [3.05, 3.63) is 36.5 Å². The fraction of sp³-hybridized carbons (Fsp3) is 0.333. The van der Waals surface area contributed by atoms with Crippen molar-refractivity contribution in [2.45, 2.75) is 19.9 Å². The van der Waals surface area contributed by atoms with Crippen LogP contribution in [-0.4, -0.2) is 48.8 Å². The molecule has 10 heteroatoms. The Kier molecular flexibility index (Phi) is 6.00. The van der Waals surface area contributed by atoms with Crippen molar-refractivity contribution in [3.63, 3.8) is 0 Å². The van der Waals surface area contributed by atoms with Gasteiger partial charge in [0.05, 0.1) is 17.3 Å². The normalized spacial score (nSPS) is 11.7. The quantitative estimate of drug-likeness (QED) is 0.348. The van der Waals surface area contributed by atoms with E-state index in [0.29, 0.717) is 29.0 Å². The van der Waals surface area contributed by atoms with Crippen LogP contribution < -0.4 is 20.7 Å². The summed E-state index contributed by atoms with van der Waals surface area (Å²) >= 11 is 0. The maximum atomic E-state index is 11.4. The van der Waals surface area contributed by atoms with Crippen LogP contribution in [0.2, 0.25) is 0 Å². The molecule has 0 aliphatic carbocycles. The molecule has 0 amide bonds. The van der Waals surface area contributed by atoms with Crippen molar-refractivity contribution in [3.8, 4) is 0 Å². The molecule has 0 unspecified atom stereocenters. The number of fused-ring (bicyclic) bond motifs is 1. The summed E-state index contributed by atoms with van der Waals surface area (Å²) in [5, 5.41) is 10.7. The first-order valence-corrected chi connectivity index (χ1v) is 10.9. The second-order valence-corrected chi connectivity index (χ2v) is 8.50. The molecule has 0 radical (unpaired) electrons. The Morgan fingerprint density at radius 2 is 1.89 bits per heavy atom. The van der Waals surface area contributed by atoms with Crippen LogP contribution >= 0.6 is 0 Å². The van der Waals surface area contributed by atoms with Gasteiger partial charge in [0.1, 0.15) is 11.5 Å². The molecule has 5 N–H and O–H groups in total. The van der Waals surface area contributed by atoms with Crippen molar-refractivity contribution >= 4 is 44.2 Å². The zero-order valence-electron chi connectivity index (χ0n) is 16.1. The Balaban J connectivity index is 1.79. The highest BCUT2D eigenvalue weighted by atomic mass is 32.2. The predicted octanol–water partition coefficient (Wildman–Crippen LogP) is 2.48. The number of anilines is 4. The first-order chi connectivity index (χ1) is 13.3. The molecular weight excluding hydrogens is 378 g/mol. The fourth-order valence-electron chi connectivity index (χ4n) is 2.68. The van der Waals surface area contributed by atoms with Gasteiger partial charge in [-0.15, -0.1) is 0 Å². The van der Waals surface area contributed by atoms with Crippen molar-refractivity contribution < 1.29 is 8.42 Å². The van der Waals surface area contributed by atoms with Gasteiger partial charge in [0.2, 0.25) is 16.0 Å². The number of H-pyrrole nitrogens is 1. The third-order valence-corrected chi connectivity index (χ3v) is 4.41. The van der Waals surface area contributed by atoms with E-state index in [2.05, 4.69) is 49.5 Å². The number of hydrogen-bond donors (Lipinski definition) is 5. The Morgan fingerprint density at radius 3 is 2.64 bits per heavy atom. The van der Waals surface area contributed by atoms with Crippen LogP contribution in [0.3, 0.4) is 0 Å². The molecule has 0 saturated heterocycles. The van der Waals surface area contributed by atoms with Gasteiger partial charge in [-0.2, -0.15) is 9.97 Å². The van der Waals surface area contributed by atoms with E-state index < -0.39 is 10.0 Å². The van der Waals surface area contributed by atoms with Gasteiger partial charge >= 0.3 is 0 Å². The summed E-state index contributed by atoms with van der Waals surface area (Å²) in [6.45, 7) is 5.74. The standard InChI is InChI=1S/C18H25N7O2S/c1-12(2)19-9-10-21-17-15-7-8-20-16(15)23-18(24-17)22-13-5-4-6-14(11-13)25-28(3,26)27/h4-8,11-12,19,25H,9-10H2,1-3H3,(H3,20,21,22,23,24). The van der Waals surface area contributed by atoms with E-state index in [1.807, 2.05) is 18.3 Å². The molecule has 150 valence electrons. The lowest BCUT2D eigenvalue weighted by molar-refractivity contribution is 0.602. The molecule has 3 rings (SSSR count). The Hall–Kier alpha value is -2.85. The van der Waals surface area contributed by atoms with Gasteiger partial charge < -0.3 is 20.9 Å². The van der Waals surface area contributed by atoms with Crippen LogP contribution in [0.4, 0.5) is 23.1 Å². The minimum atomic E-state index is -3.34. The first-order valence-electron chi connectivity index (χ1n) is 8.97. The minimum absolute atomic E-state index is 0.408. The number of benzene rings is 1. The highest BCUT2D eigenvalue weighted by molar-refractivity contribution is 7.92. The summed E-state index contributed by atoms with van der Waals surface area (Å²) in [6.07, 6.45) is 2.93. The molecular formula is C18H25N7O2S. The molecule has 2 aromatic heterocycles. The minimum Gasteiger partial charge on any atom is -0.368 e. The maximum Gasteiger partial charge on any atom is 0.231 e. The van der Waals surface area contributed by atoms with Gasteiger partial charge in [-0.1, -0.05) is 19.9 Å². The predicted molar refractivity (Wildman–Crippen MR) is 114 cm³/mol. The number of nitrogens with one attached hydrogen (secondary N) is 5. The number of rotatable bonds is 9. The van der Waals surface area contributed by atoms with E-state index in [1.54, 1.807) is 18.2 Å². The number of aromatic nitrogens is 3. The molecule has 0 saturated carbocycles. The number of sulfonamides is 1. The van der Waals surface area contributed by atoms with Crippen LogP contribution in [0, 0.1) is 0 Å². The van der Waals surface area contributed by atoms with E-state index in [4.69, 9.17) is 0 Å². The third kappa shape index (κ3) is 5.57. The molecule has 2 heterocycles. The van der Waals surface area contributed by atoms with Crippen LogP contribution in [0.25, 0.3) is 11.0 Å². The monoisotopic (exact) mass is 403 g/mol. The highest BCUT2D eigenvalue weighted by Crippen LogP contribution is 2.24. The molecule has 0 spiro atoms. The van der Waals surface area contributed by atoms with Gasteiger partial charge in [-0.3, -0.25) is 4.72 Å². The zero-order chi connectivity index (χ0) is 20.1. The Labute approximate surface area is 164 Å². The van der Waals surface area contributed by atoms with Crippen LogP contribution in [-0.2, 0) is 10.0 Å². The number of hydrogen-bond acceptors (Lipinski definition) is 7. The summed E-state index contributed by atoms with van der Waals surface area (Å²) in [6, 6.07) is 9.27. The average Bonchev–Trinajstić information content (AvgIpc) is 3.06. The van der Waals surface area contributed by atoms with E-state index in [-0.39, 0.29) is 0 Å². The second kappa shape index (κ2) is 8.44. The Morgan fingerprint density at radius 1 is 1.11 bits per heavy atom. The molecule has 0 fully saturated rings. The number of aromatic amines is 1. The van der Waals surface area contributed by atoms with Gasteiger partial charge in [0, 0.05) is 31.0 Å². The number of nitrogens with zero attached hydrogens (tertiary/aromatic N) is 2. The van der Waals surface area contributed by atoms with Crippen molar-refractivity contribution in [2.75, 3.05) is 34.7 Å². The highest BCUT2D eigenvalue weighted by Gasteiger charge is 2.10. The van der Waals surface area contributed by atoms with Gasteiger partial charge in [0.15, 0.2) is 0 Å². The lowest BCUT2D eigenvalue weighted by Crippen LogP contribution is -2.28. The molecule has 0 bridgehead atoms. The molecule has 0 aliphatic heterocycles. The van der Waals surface area contributed by atoms with Crippen LogP contribution in [0.1, 0.15) is 13.8 Å². The molecule has 0 aliphatic rings.